The van der Waals surface area contributed by atoms with Gasteiger partial charge in [0, 0.05) is 17.5 Å². The van der Waals surface area contributed by atoms with E-state index in [-0.39, 0.29) is 24.1 Å². The lowest BCUT2D eigenvalue weighted by atomic mass is 9.82. The lowest BCUT2D eigenvalue weighted by molar-refractivity contribution is 0.0539. The summed E-state index contributed by atoms with van der Waals surface area (Å²) in [5.41, 5.74) is 7.59. The van der Waals surface area contributed by atoms with E-state index >= 15 is 0 Å². The molecule has 1 saturated heterocycles. The molecule has 6 rings (SSSR count). The maximum atomic E-state index is 13.5. The van der Waals surface area contributed by atoms with E-state index < -0.39 is 0 Å². The van der Waals surface area contributed by atoms with E-state index in [4.69, 9.17) is 9.47 Å². The van der Waals surface area contributed by atoms with Crippen molar-refractivity contribution in [2.45, 2.75) is 43.7 Å². The SMILES string of the molecule is COc1ccc(C#N)cc1C1=CC2CCCC(C1)N2C(=O)OCC1c2ccccc2-c2ccccc21. The van der Waals surface area contributed by atoms with Crippen molar-refractivity contribution in [2.75, 3.05) is 13.7 Å². The Bertz CT molecular complexity index is 1360. The maximum absolute atomic E-state index is 13.5. The highest BCUT2D eigenvalue weighted by Gasteiger charge is 2.39. The summed E-state index contributed by atoms with van der Waals surface area (Å²) in [6, 6.07) is 24.6. The molecule has 36 heavy (non-hydrogen) atoms. The first-order chi connectivity index (χ1) is 17.7. The third-order valence-corrected chi connectivity index (χ3v) is 7.86. The van der Waals surface area contributed by atoms with Crippen molar-refractivity contribution in [3.63, 3.8) is 0 Å². The molecular weight excluding hydrogens is 448 g/mol. The highest BCUT2D eigenvalue weighted by Crippen LogP contribution is 2.45. The van der Waals surface area contributed by atoms with Crippen molar-refractivity contribution in [1.82, 2.24) is 4.90 Å². The maximum Gasteiger partial charge on any atom is 0.410 e. The van der Waals surface area contributed by atoms with E-state index in [9.17, 15) is 10.1 Å². The third kappa shape index (κ3) is 3.74. The number of amides is 1. The smallest absolute Gasteiger partial charge is 0.410 e. The summed E-state index contributed by atoms with van der Waals surface area (Å²) in [7, 11) is 1.65. The Morgan fingerprint density at radius 1 is 1.00 bits per heavy atom. The summed E-state index contributed by atoms with van der Waals surface area (Å²) < 4.78 is 11.6. The van der Waals surface area contributed by atoms with Crippen LogP contribution in [0.25, 0.3) is 16.7 Å². The van der Waals surface area contributed by atoms with Gasteiger partial charge in [-0.15, -0.1) is 0 Å². The van der Waals surface area contributed by atoms with E-state index in [0.29, 0.717) is 12.2 Å². The zero-order valence-corrected chi connectivity index (χ0v) is 20.3. The number of ether oxygens (including phenoxy) is 2. The zero-order valence-electron chi connectivity index (χ0n) is 20.3. The number of hydrogen-bond acceptors (Lipinski definition) is 4. The topological polar surface area (TPSA) is 62.6 Å². The number of carbonyl (C=O) groups is 1. The van der Waals surface area contributed by atoms with Crippen LogP contribution in [-0.2, 0) is 4.74 Å². The van der Waals surface area contributed by atoms with Crippen LogP contribution in [-0.4, -0.2) is 36.8 Å². The molecule has 1 amide bonds. The molecular formula is C31H28N2O3. The second-order valence-electron chi connectivity index (χ2n) is 9.79. The predicted molar refractivity (Wildman–Crippen MR) is 139 cm³/mol. The molecule has 1 fully saturated rings. The van der Waals surface area contributed by atoms with Gasteiger partial charge in [0.25, 0.3) is 0 Å². The van der Waals surface area contributed by atoms with Crippen LogP contribution < -0.4 is 4.74 Å². The van der Waals surface area contributed by atoms with Crippen LogP contribution in [0.3, 0.4) is 0 Å². The Balaban J connectivity index is 1.24. The van der Waals surface area contributed by atoms with Crippen molar-refractivity contribution in [1.29, 1.82) is 5.26 Å². The molecule has 2 aliphatic heterocycles. The molecule has 2 unspecified atom stereocenters. The zero-order chi connectivity index (χ0) is 24.6. The van der Waals surface area contributed by atoms with Crippen LogP contribution in [0.15, 0.2) is 72.8 Å². The molecule has 3 aromatic rings. The summed E-state index contributed by atoms with van der Waals surface area (Å²) >= 11 is 0. The van der Waals surface area contributed by atoms with Crippen LogP contribution in [0.2, 0.25) is 0 Å². The fourth-order valence-corrected chi connectivity index (χ4v) is 6.21. The lowest BCUT2D eigenvalue weighted by Crippen LogP contribution is -2.51. The Hall–Kier alpha value is -4.04. The van der Waals surface area contributed by atoms with Gasteiger partial charge in [0.1, 0.15) is 12.4 Å². The fourth-order valence-electron chi connectivity index (χ4n) is 6.21. The van der Waals surface area contributed by atoms with E-state index in [0.717, 1.165) is 42.6 Å². The number of rotatable bonds is 4. The van der Waals surface area contributed by atoms with Gasteiger partial charge >= 0.3 is 6.09 Å². The number of piperidine rings is 1. The minimum absolute atomic E-state index is 0.0152. The van der Waals surface area contributed by atoms with E-state index in [1.54, 1.807) is 13.2 Å². The number of methoxy groups -OCH3 is 1. The van der Waals surface area contributed by atoms with Crippen molar-refractivity contribution in [3.05, 3.63) is 95.1 Å². The summed E-state index contributed by atoms with van der Waals surface area (Å²) in [5, 5.41) is 9.39. The van der Waals surface area contributed by atoms with Gasteiger partial charge in [-0.2, -0.15) is 5.26 Å². The van der Waals surface area contributed by atoms with Gasteiger partial charge in [0.05, 0.1) is 24.8 Å². The molecule has 3 aromatic carbocycles. The highest BCUT2D eigenvalue weighted by atomic mass is 16.6. The fraction of sp³-hybridized carbons (Fsp3) is 0.290. The van der Waals surface area contributed by atoms with Gasteiger partial charge < -0.3 is 9.47 Å². The molecule has 0 aromatic heterocycles. The number of carbonyl (C=O) groups excluding carboxylic acids is 1. The third-order valence-electron chi connectivity index (χ3n) is 7.86. The van der Waals surface area contributed by atoms with Crippen molar-refractivity contribution < 1.29 is 14.3 Å². The first kappa shape index (κ1) is 22.4. The molecule has 180 valence electrons. The molecule has 1 aliphatic carbocycles. The first-order valence-electron chi connectivity index (χ1n) is 12.6. The van der Waals surface area contributed by atoms with Crippen LogP contribution in [0, 0.1) is 11.3 Å². The monoisotopic (exact) mass is 476 g/mol. The molecule has 5 nitrogen and oxygen atoms in total. The van der Waals surface area contributed by atoms with Gasteiger partial charge in [0.15, 0.2) is 0 Å². The van der Waals surface area contributed by atoms with Gasteiger partial charge in [-0.3, -0.25) is 4.90 Å². The largest absolute Gasteiger partial charge is 0.496 e. The number of benzene rings is 3. The van der Waals surface area contributed by atoms with Crippen LogP contribution in [0.4, 0.5) is 4.79 Å². The Morgan fingerprint density at radius 2 is 1.72 bits per heavy atom. The van der Waals surface area contributed by atoms with Gasteiger partial charge in [0.2, 0.25) is 0 Å². The normalized spacial score (nSPS) is 20.1. The second-order valence-corrected chi connectivity index (χ2v) is 9.79. The van der Waals surface area contributed by atoms with Crippen molar-refractivity contribution in [2.24, 2.45) is 0 Å². The lowest BCUT2D eigenvalue weighted by Gasteiger charge is -2.44. The molecule has 2 bridgehead atoms. The Morgan fingerprint density at radius 3 is 2.39 bits per heavy atom. The van der Waals surface area contributed by atoms with Crippen molar-refractivity contribution in [3.8, 4) is 22.9 Å². The highest BCUT2D eigenvalue weighted by molar-refractivity contribution is 5.80. The molecule has 2 atom stereocenters. The van der Waals surface area contributed by atoms with Crippen LogP contribution in [0.5, 0.6) is 5.75 Å². The average Bonchev–Trinajstić information content (AvgIpc) is 3.24. The van der Waals surface area contributed by atoms with E-state index in [1.807, 2.05) is 17.0 Å². The first-order valence-corrected chi connectivity index (χ1v) is 12.6. The minimum atomic E-state index is -0.236. The average molecular weight is 477 g/mol. The number of nitriles is 1. The quantitative estimate of drug-likeness (QED) is 0.430. The molecule has 3 aliphatic rings. The van der Waals surface area contributed by atoms with Gasteiger partial charge in [-0.05, 0) is 71.7 Å². The minimum Gasteiger partial charge on any atom is -0.496 e. The molecule has 2 heterocycles. The molecule has 5 heteroatoms. The standard InChI is InChI=1S/C31H28N2O3/c1-35-30-14-13-20(18-32)15-28(30)21-16-22-7-6-8-23(17-21)33(22)31(34)36-19-29-26-11-4-2-9-24(26)25-10-3-5-12-27(25)29/h2-5,9-16,22-23,29H,6-8,17,19H2,1H3. The predicted octanol–water partition coefficient (Wildman–Crippen LogP) is 6.53. The molecule has 0 spiro atoms. The van der Waals surface area contributed by atoms with Gasteiger partial charge in [-0.1, -0.05) is 54.6 Å². The van der Waals surface area contributed by atoms with E-state index in [2.05, 4.69) is 60.7 Å². The number of fused-ring (bicyclic) bond motifs is 5. The van der Waals surface area contributed by atoms with Crippen LogP contribution in [0.1, 0.15) is 53.9 Å². The molecule has 0 N–H and O–H groups in total. The van der Waals surface area contributed by atoms with Crippen LogP contribution >= 0.6 is 0 Å². The number of hydrogen-bond donors (Lipinski definition) is 0. The Kier molecular flexibility index (Phi) is 5.73. The van der Waals surface area contributed by atoms with E-state index in [1.165, 1.54) is 22.3 Å². The molecule has 0 saturated carbocycles. The number of nitrogens with zero attached hydrogens (tertiary/aromatic N) is 2. The Labute approximate surface area is 211 Å². The van der Waals surface area contributed by atoms with Crippen molar-refractivity contribution >= 4 is 11.7 Å². The second kappa shape index (κ2) is 9.20. The summed E-state index contributed by atoms with van der Waals surface area (Å²) in [5.74, 6) is 0.808. The van der Waals surface area contributed by atoms with Gasteiger partial charge in [-0.25, -0.2) is 4.79 Å². The summed E-state index contributed by atoms with van der Waals surface area (Å²) in [6.07, 6.45) is 5.60. The summed E-state index contributed by atoms with van der Waals surface area (Å²) in [6.45, 7) is 0.331. The molecule has 0 radical (unpaired) electrons. The summed E-state index contributed by atoms with van der Waals surface area (Å²) in [4.78, 5) is 15.4.